The Balaban J connectivity index is 0.000000648. The summed E-state index contributed by atoms with van der Waals surface area (Å²) < 4.78 is 64.7. The Kier molecular flexibility index (Phi) is 13.9. The van der Waals surface area contributed by atoms with Gasteiger partial charge in [-0.3, -0.25) is 24.4 Å². The minimum Gasteiger partial charge on any atom is -0.444 e. The maximum absolute atomic E-state index is 14.2. The molecule has 2 aliphatic carbocycles. The van der Waals surface area contributed by atoms with E-state index >= 15 is 0 Å². The molecule has 0 aromatic heterocycles. The highest BCUT2D eigenvalue weighted by Gasteiger charge is 2.62. The number of halogens is 2. The number of hydrogen-bond acceptors (Lipinski definition) is 11. The Morgan fingerprint density at radius 2 is 1.60 bits per heavy atom. The molecule has 0 bridgehead atoms. The quantitative estimate of drug-likeness (QED) is 0.138. The molecule has 0 radical (unpaired) electrons. The number of carbonyl (C=O) groups excluding carboxylic acids is 6. The fourth-order valence-corrected chi connectivity index (χ4v) is 7.44. The van der Waals surface area contributed by atoms with E-state index in [4.69, 9.17) is 9.47 Å². The predicted octanol–water partition coefficient (Wildman–Crippen LogP) is 4.75. The largest absolute Gasteiger partial charge is 0.444 e. The van der Waals surface area contributed by atoms with E-state index in [0.717, 1.165) is 11.0 Å². The Bertz CT molecular complexity index is 2080. The fraction of sp³-hybridized carbons (Fsp3) is 0.487. The molecule has 3 aliphatic rings. The van der Waals surface area contributed by atoms with Crippen molar-refractivity contribution < 1.29 is 55.4 Å². The van der Waals surface area contributed by atoms with E-state index in [0.29, 0.717) is 12.8 Å². The van der Waals surface area contributed by atoms with Crippen molar-refractivity contribution >= 4 is 57.4 Å². The molecule has 4 N–H and O–H groups in total. The van der Waals surface area contributed by atoms with Crippen molar-refractivity contribution in [3.63, 3.8) is 0 Å². The number of amides is 5. The minimum absolute atomic E-state index is 0.0255. The molecule has 5 amide bonds. The normalized spacial score (nSPS) is 21.7. The summed E-state index contributed by atoms with van der Waals surface area (Å²) in [6.07, 6.45) is 0.422. The second-order valence-corrected chi connectivity index (χ2v) is 18.1. The zero-order valence-electron chi connectivity index (χ0n) is 33.0. The van der Waals surface area contributed by atoms with Crippen LogP contribution in [0.25, 0.3) is 0 Å². The molecular formula is C39H48F2N6O10S. The number of alkyl carbamates (subject to hydrolysis) is 1. The van der Waals surface area contributed by atoms with Gasteiger partial charge in [-0.2, -0.15) is 4.99 Å². The molecule has 16 nitrogen and oxygen atoms in total. The molecule has 1 aliphatic heterocycles. The molecule has 5 rings (SSSR count). The van der Waals surface area contributed by atoms with Crippen LogP contribution in [0.4, 0.5) is 29.7 Å². The summed E-state index contributed by atoms with van der Waals surface area (Å²) in [5, 5.41) is 6.86. The molecule has 314 valence electrons. The van der Waals surface area contributed by atoms with Crippen LogP contribution in [0.5, 0.6) is 0 Å². The van der Waals surface area contributed by atoms with Crippen molar-refractivity contribution in [2.24, 2.45) is 16.3 Å². The van der Waals surface area contributed by atoms with Crippen LogP contribution in [-0.4, -0.2) is 90.4 Å². The van der Waals surface area contributed by atoms with E-state index in [9.17, 15) is 46.0 Å². The van der Waals surface area contributed by atoms with Gasteiger partial charge in [0.15, 0.2) is 0 Å². The zero-order chi connectivity index (χ0) is 43.2. The van der Waals surface area contributed by atoms with Crippen molar-refractivity contribution in [2.45, 2.75) is 102 Å². The van der Waals surface area contributed by atoms with Gasteiger partial charge in [-0.15, -0.1) is 6.58 Å². The van der Waals surface area contributed by atoms with Gasteiger partial charge >= 0.3 is 12.2 Å². The van der Waals surface area contributed by atoms with Gasteiger partial charge in [0.05, 0.1) is 17.5 Å². The number of nitrogens with one attached hydrogen (secondary N) is 4. The van der Waals surface area contributed by atoms with E-state index in [1.54, 1.807) is 47.6 Å². The molecule has 19 heteroatoms. The maximum atomic E-state index is 14.2. The first kappa shape index (κ1) is 45.0. The lowest BCUT2D eigenvalue weighted by molar-refractivity contribution is -0.143. The van der Waals surface area contributed by atoms with Gasteiger partial charge in [0, 0.05) is 12.3 Å². The van der Waals surface area contributed by atoms with Gasteiger partial charge in [0.25, 0.3) is 5.91 Å². The Morgan fingerprint density at radius 1 is 0.983 bits per heavy atom. The first-order valence-corrected chi connectivity index (χ1v) is 19.9. The average Bonchev–Trinajstić information content (AvgIpc) is 4.05. The zero-order valence-corrected chi connectivity index (χ0v) is 33.8. The Morgan fingerprint density at radius 3 is 2.14 bits per heavy atom. The van der Waals surface area contributed by atoms with E-state index in [-0.39, 0.29) is 30.8 Å². The highest BCUT2D eigenvalue weighted by Crippen LogP contribution is 2.45. The van der Waals surface area contributed by atoms with Crippen LogP contribution in [0.1, 0.15) is 67.2 Å². The molecule has 0 spiro atoms. The molecule has 3 fully saturated rings. The Labute approximate surface area is 335 Å². The van der Waals surface area contributed by atoms with E-state index in [1.807, 2.05) is 0 Å². The summed E-state index contributed by atoms with van der Waals surface area (Å²) in [5.74, 6) is -4.22. The number of aliphatic imine (C=N–C) groups is 1. The molecule has 5 atom stereocenters. The summed E-state index contributed by atoms with van der Waals surface area (Å²) in [7, 11) is -3.94. The van der Waals surface area contributed by atoms with Crippen LogP contribution in [-0.2, 0) is 38.7 Å². The third-order valence-corrected chi connectivity index (χ3v) is 11.1. The minimum atomic E-state index is -3.94. The summed E-state index contributed by atoms with van der Waals surface area (Å²) in [4.78, 5) is 80.9. The number of para-hydroxylation sites is 2. The number of isocyanates is 1. The monoisotopic (exact) mass is 830 g/mol. The Hall–Kier alpha value is -5.68. The van der Waals surface area contributed by atoms with E-state index < -0.39 is 97.5 Å². The van der Waals surface area contributed by atoms with Gasteiger partial charge in [0.2, 0.25) is 27.9 Å². The van der Waals surface area contributed by atoms with E-state index in [1.165, 1.54) is 48.6 Å². The van der Waals surface area contributed by atoms with Crippen molar-refractivity contribution in [1.29, 1.82) is 0 Å². The van der Waals surface area contributed by atoms with Crippen LogP contribution in [0.15, 0.2) is 66.2 Å². The highest BCUT2D eigenvalue weighted by atomic mass is 32.2. The number of sulfonamides is 1. The van der Waals surface area contributed by atoms with Crippen molar-refractivity contribution in [3.8, 4) is 0 Å². The van der Waals surface area contributed by atoms with Gasteiger partial charge in [-0.05, 0) is 69.7 Å². The van der Waals surface area contributed by atoms with Gasteiger partial charge in [-0.25, -0.2) is 31.6 Å². The second-order valence-electron chi connectivity index (χ2n) is 16.2. The van der Waals surface area contributed by atoms with Crippen molar-refractivity contribution in [3.05, 3.63) is 72.8 Å². The third-order valence-electron chi connectivity index (χ3n) is 9.27. The predicted molar refractivity (Wildman–Crippen MR) is 206 cm³/mol. The molecule has 58 heavy (non-hydrogen) atoms. The van der Waals surface area contributed by atoms with Crippen LogP contribution in [0.2, 0.25) is 0 Å². The topological polar surface area (TPSA) is 219 Å². The van der Waals surface area contributed by atoms with Crippen LogP contribution < -0.4 is 20.7 Å². The molecule has 2 aromatic rings. The number of hydrogen-bond donors (Lipinski definition) is 4. The maximum Gasteiger partial charge on any atom is 0.412 e. The van der Waals surface area contributed by atoms with E-state index in [2.05, 4.69) is 32.2 Å². The number of rotatable bonds is 11. The summed E-state index contributed by atoms with van der Waals surface area (Å²) in [6, 6.07) is 8.66. The third kappa shape index (κ3) is 11.7. The average molecular weight is 831 g/mol. The number of likely N-dealkylation sites (tertiary alicyclic amines) is 1. The summed E-state index contributed by atoms with van der Waals surface area (Å²) in [5.41, 5.74) is -3.51. The molecule has 1 saturated heterocycles. The first-order valence-electron chi connectivity index (χ1n) is 18.4. The molecule has 1 unspecified atom stereocenters. The van der Waals surface area contributed by atoms with Crippen LogP contribution in [0.3, 0.4) is 0 Å². The van der Waals surface area contributed by atoms with Crippen LogP contribution >= 0.6 is 0 Å². The van der Waals surface area contributed by atoms with Gasteiger partial charge < -0.3 is 25.0 Å². The molecule has 2 saturated carbocycles. The number of benzene rings is 2. The highest BCUT2D eigenvalue weighted by molar-refractivity contribution is 7.91. The van der Waals surface area contributed by atoms with Crippen LogP contribution in [0, 0.1) is 23.0 Å². The standard InChI is InChI=1S/C32H44FN5O9S.C7H4FNO/c1-8-18-16-32(18,27(41)37-48(44,45)20-13-14-20)36-25(39)23-15-19(46-28(42)34-22-12-10-9-11-21(22)33)17-38(23)26(40)24(30(2,3)4)35-29(43)47-31(5,6)7;8-6-3-1-2-4-7(6)9-5-10/h8-12,18-20,23-24H,1,13-17H2,2-7H3,(H,34,42)(H,35,43)(H,36,39)(H,37,41);1-4H/t18?,19-,23+,24-,32-;/m1./s1. The molecular weight excluding hydrogens is 783 g/mol. The lowest BCUT2D eigenvalue weighted by Gasteiger charge is -2.36. The molecule has 1 heterocycles. The summed E-state index contributed by atoms with van der Waals surface area (Å²) >= 11 is 0. The summed E-state index contributed by atoms with van der Waals surface area (Å²) in [6.45, 7) is 13.5. The second kappa shape index (κ2) is 17.9. The molecule has 2 aromatic carbocycles. The first-order chi connectivity index (χ1) is 27.0. The van der Waals surface area contributed by atoms with Gasteiger partial charge in [0.1, 0.15) is 46.6 Å². The smallest absolute Gasteiger partial charge is 0.412 e. The number of ether oxygens (including phenoxy) is 2. The van der Waals surface area contributed by atoms with Crippen molar-refractivity contribution in [1.82, 2.24) is 20.3 Å². The van der Waals surface area contributed by atoms with Crippen molar-refractivity contribution in [2.75, 3.05) is 11.9 Å². The number of anilines is 1. The lowest BCUT2D eigenvalue weighted by atomic mass is 9.85. The SMILES string of the molecule is C=CC1C[C@]1(NC(=O)[C@@H]1C[C@@H](OC(=O)Nc2ccccc2F)CN1C(=O)[C@@H](NC(=O)OC(C)(C)C)C(C)(C)C)C(=O)NS(=O)(=O)C1CC1.O=C=Nc1ccccc1F. The lowest BCUT2D eigenvalue weighted by Crippen LogP contribution is -2.60. The van der Waals surface area contributed by atoms with Gasteiger partial charge in [-0.1, -0.05) is 51.1 Å². The fourth-order valence-electron chi connectivity index (χ4n) is 6.08. The number of nitrogens with zero attached hydrogens (tertiary/aromatic N) is 2. The number of carbonyl (C=O) groups is 5.